The molecule has 2 rings (SSSR count). The predicted octanol–water partition coefficient (Wildman–Crippen LogP) is 2.34. The number of rotatable bonds is 5. The molecule has 0 saturated carbocycles. The second kappa shape index (κ2) is 6.55. The molecule has 4 heteroatoms. The van der Waals surface area contributed by atoms with Gasteiger partial charge < -0.3 is 5.73 Å². The summed E-state index contributed by atoms with van der Waals surface area (Å²) in [5.41, 5.74) is 6.93. The topological polar surface area (TPSA) is 29.3 Å². The molecule has 1 heterocycles. The number of thioether (sulfide) groups is 1. The van der Waals surface area contributed by atoms with Crippen LogP contribution in [0.1, 0.15) is 12.0 Å². The largest absolute Gasteiger partial charge is 0.329 e. The molecule has 0 spiro atoms. The van der Waals surface area contributed by atoms with E-state index in [4.69, 9.17) is 5.73 Å². The van der Waals surface area contributed by atoms with Crippen LogP contribution in [0.25, 0.3) is 0 Å². The molecule has 0 aliphatic carbocycles. The van der Waals surface area contributed by atoms with Gasteiger partial charge >= 0.3 is 0 Å². The number of hydrogen-bond donors (Lipinski definition) is 1. The molecule has 2 N–H and O–H groups in total. The van der Waals surface area contributed by atoms with Crippen LogP contribution >= 0.6 is 11.8 Å². The highest BCUT2D eigenvalue weighted by molar-refractivity contribution is 7.99. The maximum atomic E-state index is 13.2. The normalized spacial score (nSPS) is 21.4. The molecular weight excluding hydrogens is 247 g/mol. The molecule has 0 amide bonds. The molecule has 2 atom stereocenters. The Morgan fingerprint density at radius 3 is 3.00 bits per heavy atom. The van der Waals surface area contributed by atoms with E-state index in [-0.39, 0.29) is 5.82 Å². The summed E-state index contributed by atoms with van der Waals surface area (Å²) < 4.78 is 13.2. The quantitative estimate of drug-likeness (QED) is 0.889. The molecule has 1 aromatic rings. The van der Waals surface area contributed by atoms with E-state index in [0.29, 0.717) is 18.5 Å². The van der Waals surface area contributed by atoms with Crippen LogP contribution in [-0.2, 0) is 6.54 Å². The number of halogens is 1. The molecule has 1 aliphatic heterocycles. The Kier molecular flexibility index (Phi) is 5.03. The summed E-state index contributed by atoms with van der Waals surface area (Å²) in [6, 6.07) is 7.23. The lowest BCUT2D eigenvalue weighted by molar-refractivity contribution is 0.184. The smallest absolute Gasteiger partial charge is 0.123 e. The van der Waals surface area contributed by atoms with Gasteiger partial charge in [0.1, 0.15) is 5.82 Å². The van der Waals surface area contributed by atoms with E-state index in [9.17, 15) is 4.39 Å². The van der Waals surface area contributed by atoms with Crippen molar-refractivity contribution in [2.24, 2.45) is 11.7 Å². The molecule has 100 valence electrons. The summed E-state index contributed by atoms with van der Waals surface area (Å²) in [4.78, 5) is 2.27. The molecular formula is C14H21FN2S. The van der Waals surface area contributed by atoms with Gasteiger partial charge in [0, 0.05) is 19.1 Å². The fourth-order valence-electron chi connectivity index (χ4n) is 2.63. The van der Waals surface area contributed by atoms with E-state index < -0.39 is 0 Å². The molecule has 1 aliphatic rings. The van der Waals surface area contributed by atoms with Gasteiger partial charge in [0.05, 0.1) is 0 Å². The van der Waals surface area contributed by atoms with Gasteiger partial charge in [-0.05, 0) is 48.6 Å². The first-order valence-electron chi connectivity index (χ1n) is 6.43. The van der Waals surface area contributed by atoms with Crippen LogP contribution < -0.4 is 5.73 Å². The number of hydrogen-bond acceptors (Lipinski definition) is 3. The van der Waals surface area contributed by atoms with Gasteiger partial charge in [-0.25, -0.2) is 4.39 Å². The Hall–Kier alpha value is -0.580. The van der Waals surface area contributed by atoms with Crippen molar-refractivity contribution >= 4 is 11.8 Å². The Morgan fingerprint density at radius 2 is 2.39 bits per heavy atom. The molecule has 0 bridgehead atoms. The van der Waals surface area contributed by atoms with Crippen LogP contribution in [0.5, 0.6) is 0 Å². The number of likely N-dealkylation sites (N-methyl/N-ethyl adjacent to an activating group) is 1. The summed E-state index contributed by atoms with van der Waals surface area (Å²) in [7, 11) is 2.09. The van der Waals surface area contributed by atoms with E-state index in [1.165, 1.54) is 24.0 Å². The molecule has 2 unspecified atom stereocenters. The highest BCUT2D eigenvalue weighted by Gasteiger charge is 2.27. The minimum absolute atomic E-state index is 0.165. The monoisotopic (exact) mass is 268 g/mol. The van der Waals surface area contributed by atoms with Crippen molar-refractivity contribution < 1.29 is 4.39 Å². The first-order chi connectivity index (χ1) is 8.70. The van der Waals surface area contributed by atoms with Crippen LogP contribution in [0.2, 0.25) is 0 Å². The van der Waals surface area contributed by atoms with E-state index in [1.807, 2.05) is 17.8 Å². The fraction of sp³-hybridized carbons (Fsp3) is 0.571. The molecule has 18 heavy (non-hydrogen) atoms. The van der Waals surface area contributed by atoms with Crippen LogP contribution in [-0.4, -0.2) is 36.0 Å². The standard InChI is InChI=1S/C14H21FN2S/c1-17(9-11-3-2-4-13(15)7-11)14(8-16)12-5-6-18-10-12/h2-4,7,12,14H,5-6,8-10,16H2,1H3. The van der Waals surface area contributed by atoms with Gasteiger partial charge in [0.25, 0.3) is 0 Å². The summed E-state index contributed by atoms with van der Waals surface area (Å²) in [5.74, 6) is 2.96. The van der Waals surface area contributed by atoms with E-state index in [0.717, 1.165) is 12.1 Å². The van der Waals surface area contributed by atoms with Gasteiger partial charge in [0.15, 0.2) is 0 Å². The first-order valence-corrected chi connectivity index (χ1v) is 7.58. The second-order valence-electron chi connectivity index (χ2n) is 4.97. The molecule has 2 nitrogen and oxygen atoms in total. The number of nitrogens with zero attached hydrogens (tertiary/aromatic N) is 1. The lowest BCUT2D eigenvalue weighted by Gasteiger charge is -2.31. The van der Waals surface area contributed by atoms with E-state index >= 15 is 0 Å². The zero-order valence-corrected chi connectivity index (χ0v) is 11.6. The van der Waals surface area contributed by atoms with Crippen molar-refractivity contribution in [3.8, 4) is 0 Å². The zero-order valence-electron chi connectivity index (χ0n) is 10.8. The van der Waals surface area contributed by atoms with Gasteiger partial charge in [-0.15, -0.1) is 0 Å². The molecule has 1 saturated heterocycles. The Morgan fingerprint density at radius 1 is 1.56 bits per heavy atom. The van der Waals surface area contributed by atoms with Crippen LogP contribution in [0.4, 0.5) is 4.39 Å². The van der Waals surface area contributed by atoms with Gasteiger partial charge in [-0.2, -0.15) is 11.8 Å². The average Bonchev–Trinajstić information content (AvgIpc) is 2.83. The lowest BCUT2D eigenvalue weighted by atomic mass is 9.97. The summed E-state index contributed by atoms with van der Waals surface area (Å²) in [6.07, 6.45) is 1.25. The molecule has 0 radical (unpaired) electrons. The minimum atomic E-state index is -0.165. The van der Waals surface area contributed by atoms with Crippen molar-refractivity contribution in [2.75, 3.05) is 25.1 Å². The third kappa shape index (κ3) is 3.46. The van der Waals surface area contributed by atoms with Gasteiger partial charge in [-0.1, -0.05) is 12.1 Å². The van der Waals surface area contributed by atoms with E-state index in [1.54, 1.807) is 12.1 Å². The molecule has 1 fully saturated rings. The Balaban J connectivity index is 1.98. The molecule has 1 aromatic carbocycles. The third-order valence-electron chi connectivity index (χ3n) is 3.64. The van der Waals surface area contributed by atoms with Crippen molar-refractivity contribution in [2.45, 2.75) is 19.0 Å². The fourth-order valence-corrected chi connectivity index (χ4v) is 3.96. The van der Waals surface area contributed by atoms with Gasteiger partial charge in [-0.3, -0.25) is 4.90 Å². The summed E-state index contributed by atoms with van der Waals surface area (Å²) in [6.45, 7) is 1.44. The first kappa shape index (κ1) is 13.8. The second-order valence-corrected chi connectivity index (χ2v) is 6.12. The third-order valence-corrected chi connectivity index (χ3v) is 4.83. The number of benzene rings is 1. The highest BCUT2D eigenvalue weighted by atomic mass is 32.2. The minimum Gasteiger partial charge on any atom is -0.329 e. The SMILES string of the molecule is CN(Cc1cccc(F)c1)C(CN)C1CCSC1. The van der Waals surface area contributed by atoms with Crippen molar-refractivity contribution in [1.82, 2.24) is 4.90 Å². The molecule has 0 aromatic heterocycles. The van der Waals surface area contributed by atoms with Crippen molar-refractivity contribution in [3.05, 3.63) is 35.6 Å². The van der Waals surface area contributed by atoms with Crippen LogP contribution in [0.3, 0.4) is 0 Å². The Labute approximate surface area is 113 Å². The summed E-state index contributed by atoms with van der Waals surface area (Å²) >= 11 is 2.01. The zero-order chi connectivity index (χ0) is 13.0. The van der Waals surface area contributed by atoms with Crippen LogP contribution in [0.15, 0.2) is 24.3 Å². The number of nitrogens with two attached hydrogens (primary N) is 1. The van der Waals surface area contributed by atoms with Crippen molar-refractivity contribution in [1.29, 1.82) is 0 Å². The maximum absolute atomic E-state index is 13.2. The predicted molar refractivity (Wildman–Crippen MR) is 76.1 cm³/mol. The maximum Gasteiger partial charge on any atom is 0.123 e. The average molecular weight is 268 g/mol. The Bertz CT molecular complexity index is 380. The summed E-state index contributed by atoms with van der Waals surface area (Å²) in [5, 5.41) is 0. The van der Waals surface area contributed by atoms with Crippen LogP contribution in [0, 0.1) is 11.7 Å². The lowest BCUT2D eigenvalue weighted by Crippen LogP contribution is -2.43. The highest BCUT2D eigenvalue weighted by Crippen LogP contribution is 2.28. The van der Waals surface area contributed by atoms with Gasteiger partial charge in [0.2, 0.25) is 0 Å². The van der Waals surface area contributed by atoms with Crippen molar-refractivity contribution in [3.63, 3.8) is 0 Å². The van der Waals surface area contributed by atoms with E-state index in [2.05, 4.69) is 11.9 Å².